The third-order valence-electron chi connectivity index (χ3n) is 3.46. The molecule has 0 spiro atoms. The molecule has 1 atom stereocenters. The Balaban J connectivity index is 1.91. The van der Waals surface area contributed by atoms with Crippen LogP contribution in [0.25, 0.3) is 0 Å². The molecule has 0 saturated carbocycles. The number of carbonyl (C=O) groups excluding carboxylic acids is 1. The quantitative estimate of drug-likeness (QED) is 0.703. The molecule has 23 heavy (non-hydrogen) atoms. The number of sulfonamides is 1. The van der Waals surface area contributed by atoms with Crippen LogP contribution >= 0.6 is 0 Å². The molecule has 2 rings (SSSR count). The van der Waals surface area contributed by atoms with Crippen LogP contribution in [0.1, 0.15) is 18.9 Å². The Kier molecular flexibility index (Phi) is 5.33. The lowest BCUT2D eigenvalue weighted by atomic mass is 10.1. The molecule has 1 heterocycles. The monoisotopic (exact) mass is 347 g/mol. The van der Waals surface area contributed by atoms with Gasteiger partial charge in [-0.1, -0.05) is 19.1 Å². The highest BCUT2D eigenvalue weighted by atomic mass is 32.2. The average Bonchev–Trinajstić information content (AvgIpc) is 2.85. The molecule has 128 valence electrons. The van der Waals surface area contributed by atoms with Crippen LogP contribution in [0.15, 0.2) is 29.2 Å². The van der Waals surface area contributed by atoms with Crippen molar-refractivity contribution in [2.75, 3.05) is 13.1 Å². The van der Waals surface area contributed by atoms with Crippen LogP contribution in [0, 0.1) is 0 Å². The number of alkyl halides is 2. The molecule has 6 nitrogen and oxygen atoms in total. The van der Waals surface area contributed by atoms with Crippen molar-refractivity contribution in [3.63, 3.8) is 0 Å². The SMILES string of the molecule is CCNS(=O)(=O)c1ccc(CNC(=O)C2CC(F)(F)CN2)cc1. The van der Waals surface area contributed by atoms with E-state index in [-0.39, 0.29) is 11.4 Å². The highest BCUT2D eigenvalue weighted by Gasteiger charge is 2.42. The summed E-state index contributed by atoms with van der Waals surface area (Å²) in [5.74, 6) is -3.35. The van der Waals surface area contributed by atoms with Gasteiger partial charge in [-0.2, -0.15) is 0 Å². The van der Waals surface area contributed by atoms with Crippen molar-refractivity contribution in [2.24, 2.45) is 0 Å². The lowest BCUT2D eigenvalue weighted by molar-refractivity contribution is -0.123. The van der Waals surface area contributed by atoms with Crippen molar-refractivity contribution >= 4 is 15.9 Å². The Morgan fingerprint density at radius 3 is 2.52 bits per heavy atom. The molecule has 1 aromatic rings. The fraction of sp³-hybridized carbons (Fsp3) is 0.500. The van der Waals surface area contributed by atoms with Crippen molar-refractivity contribution in [3.05, 3.63) is 29.8 Å². The van der Waals surface area contributed by atoms with E-state index in [0.29, 0.717) is 12.1 Å². The third-order valence-corrected chi connectivity index (χ3v) is 5.02. The normalized spacial score (nSPS) is 20.4. The lowest BCUT2D eigenvalue weighted by Gasteiger charge is -2.11. The minimum Gasteiger partial charge on any atom is -0.351 e. The van der Waals surface area contributed by atoms with Crippen LogP contribution in [-0.2, 0) is 21.4 Å². The fourth-order valence-corrected chi connectivity index (χ4v) is 3.31. The third kappa shape index (κ3) is 4.69. The zero-order chi connectivity index (χ0) is 17.1. The van der Waals surface area contributed by atoms with Crippen molar-refractivity contribution in [2.45, 2.75) is 36.7 Å². The van der Waals surface area contributed by atoms with E-state index in [2.05, 4.69) is 15.4 Å². The molecular weight excluding hydrogens is 328 g/mol. The molecule has 0 aliphatic carbocycles. The first-order chi connectivity index (χ1) is 10.7. The summed E-state index contributed by atoms with van der Waals surface area (Å²) in [5.41, 5.74) is 0.679. The average molecular weight is 347 g/mol. The lowest BCUT2D eigenvalue weighted by Crippen LogP contribution is -2.40. The van der Waals surface area contributed by atoms with Gasteiger partial charge in [-0.05, 0) is 17.7 Å². The summed E-state index contributed by atoms with van der Waals surface area (Å²) in [7, 11) is -3.52. The van der Waals surface area contributed by atoms with Gasteiger partial charge in [0.15, 0.2) is 0 Å². The first-order valence-corrected chi connectivity index (χ1v) is 8.69. The molecule has 1 aliphatic heterocycles. The number of carbonyl (C=O) groups is 1. The van der Waals surface area contributed by atoms with Crippen LogP contribution in [0.2, 0.25) is 0 Å². The standard InChI is InChI=1S/C14H19F2N3O3S/c1-2-19-23(21,22)11-5-3-10(4-6-11)8-17-13(20)12-7-14(15,16)9-18-12/h3-6,12,18-19H,2,7-9H2,1H3,(H,17,20). The zero-order valence-corrected chi connectivity index (χ0v) is 13.4. The van der Waals surface area contributed by atoms with Crippen LogP contribution in [-0.4, -0.2) is 39.4 Å². The molecule has 0 radical (unpaired) electrons. The Bertz CT molecular complexity index is 662. The van der Waals surface area contributed by atoms with E-state index in [0.717, 1.165) is 0 Å². The van der Waals surface area contributed by atoms with Crippen molar-refractivity contribution in [1.82, 2.24) is 15.4 Å². The van der Waals surface area contributed by atoms with E-state index in [4.69, 9.17) is 0 Å². The number of hydrogen-bond acceptors (Lipinski definition) is 4. The molecule has 0 bridgehead atoms. The fourth-order valence-electron chi connectivity index (χ4n) is 2.27. The summed E-state index contributed by atoms with van der Waals surface area (Å²) >= 11 is 0. The van der Waals surface area contributed by atoms with Crippen LogP contribution in [0.5, 0.6) is 0 Å². The van der Waals surface area contributed by atoms with Gasteiger partial charge in [0.2, 0.25) is 15.9 Å². The predicted octanol–water partition coefficient (Wildman–Crippen LogP) is 0.598. The number of nitrogens with one attached hydrogen (secondary N) is 3. The van der Waals surface area contributed by atoms with Crippen LogP contribution < -0.4 is 15.4 Å². The first kappa shape index (κ1) is 17.8. The molecular formula is C14H19F2N3O3S. The van der Waals surface area contributed by atoms with Gasteiger partial charge in [0.1, 0.15) is 0 Å². The number of rotatable bonds is 6. The van der Waals surface area contributed by atoms with Gasteiger partial charge in [0, 0.05) is 19.5 Å². The molecule has 1 unspecified atom stereocenters. The highest BCUT2D eigenvalue weighted by molar-refractivity contribution is 7.89. The first-order valence-electron chi connectivity index (χ1n) is 7.21. The van der Waals surface area contributed by atoms with Crippen molar-refractivity contribution in [1.29, 1.82) is 0 Å². The molecule has 1 saturated heterocycles. The van der Waals surface area contributed by atoms with Crippen molar-refractivity contribution < 1.29 is 22.0 Å². The molecule has 1 amide bonds. The van der Waals surface area contributed by atoms with E-state index in [1.807, 2.05) is 0 Å². The molecule has 1 aliphatic rings. The number of hydrogen-bond donors (Lipinski definition) is 3. The minimum atomic E-state index is -3.52. The Morgan fingerprint density at radius 1 is 1.35 bits per heavy atom. The summed E-state index contributed by atoms with van der Waals surface area (Å²) in [4.78, 5) is 11.9. The molecule has 1 aromatic carbocycles. The number of benzene rings is 1. The number of halogens is 2. The smallest absolute Gasteiger partial charge is 0.262 e. The maximum Gasteiger partial charge on any atom is 0.262 e. The van der Waals surface area contributed by atoms with Crippen molar-refractivity contribution in [3.8, 4) is 0 Å². The van der Waals surface area contributed by atoms with Crippen LogP contribution in [0.3, 0.4) is 0 Å². The largest absolute Gasteiger partial charge is 0.351 e. The number of amides is 1. The summed E-state index contributed by atoms with van der Waals surface area (Å²) in [6, 6.07) is 5.10. The highest BCUT2D eigenvalue weighted by Crippen LogP contribution is 2.25. The van der Waals surface area contributed by atoms with E-state index in [1.165, 1.54) is 12.1 Å². The van der Waals surface area contributed by atoms with Gasteiger partial charge < -0.3 is 5.32 Å². The maximum absolute atomic E-state index is 13.0. The van der Waals surface area contributed by atoms with Gasteiger partial charge in [-0.3, -0.25) is 10.1 Å². The summed E-state index contributed by atoms with van der Waals surface area (Å²) in [6.07, 6.45) is -0.515. The predicted molar refractivity (Wildman–Crippen MR) is 80.5 cm³/mol. The van der Waals surface area contributed by atoms with Crippen LogP contribution in [0.4, 0.5) is 8.78 Å². The molecule has 1 fully saturated rings. The molecule has 9 heteroatoms. The van der Waals surface area contributed by atoms with Gasteiger partial charge in [-0.25, -0.2) is 21.9 Å². The Hall–Kier alpha value is -1.58. The van der Waals surface area contributed by atoms with Gasteiger partial charge >= 0.3 is 0 Å². The van der Waals surface area contributed by atoms with Gasteiger partial charge in [0.05, 0.1) is 17.5 Å². The second kappa shape index (κ2) is 6.90. The van der Waals surface area contributed by atoms with Gasteiger partial charge in [0.25, 0.3) is 5.92 Å². The summed E-state index contributed by atoms with van der Waals surface area (Å²) < 4.78 is 52.0. The Labute approximate surface area is 133 Å². The second-order valence-corrected chi connectivity index (χ2v) is 7.12. The molecule has 0 aromatic heterocycles. The maximum atomic E-state index is 13.0. The van der Waals surface area contributed by atoms with E-state index < -0.39 is 40.9 Å². The summed E-state index contributed by atoms with van der Waals surface area (Å²) in [5, 5.41) is 5.04. The minimum absolute atomic E-state index is 0.131. The van der Waals surface area contributed by atoms with E-state index >= 15 is 0 Å². The van der Waals surface area contributed by atoms with Gasteiger partial charge in [-0.15, -0.1) is 0 Å². The summed E-state index contributed by atoms with van der Waals surface area (Å²) in [6.45, 7) is 1.62. The second-order valence-electron chi connectivity index (χ2n) is 5.36. The topological polar surface area (TPSA) is 87.3 Å². The Morgan fingerprint density at radius 2 is 2.00 bits per heavy atom. The van der Waals surface area contributed by atoms with E-state index in [9.17, 15) is 22.0 Å². The van der Waals surface area contributed by atoms with E-state index in [1.54, 1.807) is 19.1 Å². The molecule has 3 N–H and O–H groups in total. The zero-order valence-electron chi connectivity index (χ0n) is 12.6.